The van der Waals surface area contributed by atoms with Gasteiger partial charge in [0.2, 0.25) is 0 Å². The molecule has 82 valence electrons. The van der Waals surface area contributed by atoms with E-state index < -0.39 is 0 Å². The molecule has 1 aromatic rings. The molecule has 1 unspecified atom stereocenters. The quantitative estimate of drug-likeness (QED) is 0.814. The lowest BCUT2D eigenvalue weighted by Crippen LogP contribution is -2.09. The third kappa shape index (κ3) is 2.65. The summed E-state index contributed by atoms with van der Waals surface area (Å²) in [5.41, 5.74) is 1.02. The molecule has 4 heteroatoms. The number of aryl methyl sites for hydroxylation is 1. The fourth-order valence-corrected chi connectivity index (χ4v) is 1.85. The monoisotopic (exact) mass is 207 g/mol. The van der Waals surface area contributed by atoms with Gasteiger partial charge in [-0.3, -0.25) is 0 Å². The average Bonchev–Trinajstić information content (AvgIpc) is 2.69. The molecule has 1 atom stereocenters. The predicted molar refractivity (Wildman–Crippen MR) is 58.9 cm³/mol. The molecule has 2 rings (SSSR count). The molecule has 0 saturated carbocycles. The third-order valence-electron chi connectivity index (χ3n) is 2.65. The van der Waals surface area contributed by atoms with Crippen molar-refractivity contribution in [3.05, 3.63) is 17.6 Å². The SMILES string of the molecule is CNc1cc(C)nc(CC2CCOC2)n1. The van der Waals surface area contributed by atoms with Crippen LogP contribution < -0.4 is 5.32 Å². The summed E-state index contributed by atoms with van der Waals surface area (Å²) in [7, 11) is 1.88. The van der Waals surface area contributed by atoms with Gasteiger partial charge in [-0.1, -0.05) is 0 Å². The zero-order valence-electron chi connectivity index (χ0n) is 9.29. The van der Waals surface area contributed by atoms with Crippen LogP contribution in [0.15, 0.2) is 6.07 Å². The summed E-state index contributed by atoms with van der Waals surface area (Å²) < 4.78 is 5.34. The molecule has 1 aromatic heterocycles. The van der Waals surface area contributed by atoms with Crippen LogP contribution in [0.4, 0.5) is 5.82 Å². The van der Waals surface area contributed by atoms with Gasteiger partial charge in [-0.2, -0.15) is 0 Å². The van der Waals surface area contributed by atoms with Gasteiger partial charge in [0, 0.05) is 38.4 Å². The maximum atomic E-state index is 5.34. The first kappa shape index (κ1) is 10.4. The lowest BCUT2D eigenvalue weighted by atomic mass is 10.0. The maximum Gasteiger partial charge on any atom is 0.131 e. The van der Waals surface area contributed by atoms with Crippen LogP contribution in [-0.2, 0) is 11.2 Å². The second kappa shape index (κ2) is 4.57. The first-order valence-corrected chi connectivity index (χ1v) is 5.38. The van der Waals surface area contributed by atoms with Crippen molar-refractivity contribution in [1.29, 1.82) is 0 Å². The van der Waals surface area contributed by atoms with Gasteiger partial charge in [0.1, 0.15) is 11.6 Å². The molecule has 1 N–H and O–H groups in total. The highest BCUT2D eigenvalue weighted by molar-refractivity contribution is 5.34. The van der Waals surface area contributed by atoms with Crippen molar-refractivity contribution in [2.45, 2.75) is 19.8 Å². The Morgan fingerprint density at radius 1 is 1.53 bits per heavy atom. The van der Waals surface area contributed by atoms with Gasteiger partial charge in [-0.15, -0.1) is 0 Å². The topological polar surface area (TPSA) is 47.0 Å². The highest BCUT2D eigenvalue weighted by Gasteiger charge is 2.17. The van der Waals surface area contributed by atoms with Crippen molar-refractivity contribution in [1.82, 2.24) is 9.97 Å². The van der Waals surface area contributed by atoms with Crippen molar-refractivity contribution in [2.24, 2.45) is 5.92 Å². The molecule has 1 aliphatic rings. The van der Waals surface area contributed by atoms with Gasteiger partial charge in [0.15, 0.2) is 0 Å². The standard InChI is InChI=1S/C11H17N3O/c1-8-5-10(12-2)14-11(13-8)6-9-3-4-15-7-9/h5,9H,3-4,6-7H2,1-2H3,(H,12,13,14). The molecule has 0 radical (unpaired) electrons. The molecule has 1 fully saturated rings. The molecular formula is C11H17N3O. The normalized spacial score (nSPS) is 20.5. The summed E-state index contributed by atoms with van der Waals surface area (Å²) in [6.45, 7) is 3.73. The van der Waals surface area contributed by atoms with Crippen LogP contribution in [0.2, 0.25) is 0 Å². The van der Waals surface area contributed by atoms with E-state index >= 15 is 0 Å². The second-order valence-electron chi connectivity index (χ2n) is 3.99. The Bertz CT molecular complexity index is 335. The third-order valence-corrected chi connectivity index (χ3v) is 2.65. The first-order chi connectivity index (χ1) is 7.28. The Kier molecular flexibility index (Phi) is 3.16. The number of rotatable bonds is 3. The summed E-state index contributed by atoms with van der Waals surface area (Å²) >= 11 is 0. The summed E-state index contributed by atoms with van der Waals surface area (Å²) in [6.07, 6.45) is 2.06. The molecule has 0 spiro atoms. The van der Waals surface area contributed by atoms with Crippen LogP contribution >= 0.6 is 0 Å². The molecule has 0 aliphatic carbocycles. The maximum absolute atomic E-state index is 5.34. The van der Waals surface area contributed by atoms with Crippen LogP contribution in [0.1, 0.15) is 17.9 Å². The summed E-state index contributed by atoms with van der Waals surface area (Å²) in [6, 6.07) is 1.95. The second-order valence-corrected chi connectivity index (χ2v) is 3.99. The average molecular weight is 207 g/mol. The van der Waals surface area contributed by atoms with Gasteiger partial charge in [0.25, 0.3) is 0 Å². The van der Waals surface area contributed by atoms with Crippen molar-refractivity contribution in [2.75, 3.05) is 25.6 Å². The van der Waals surface area contributed by atoms with Crippen LogP contribution in [0.5, 0.6) is 0 Å². The van der Waals surface area contributed by atoms with Crippen molar-refractivity contribution in [3.8, 4) is 0 Å². The minimum absolute atomic E-state index is 0.594. The highest BCUT2D eigenvalue weighted by atomic mass is 16.5. The molecule has 2 heterocycles. The largest absolute Gasteiger partial charge is 0.381 e. The summed E-state index contributed by atoms with van der Waals surface area (Å²) in [4.78, 5) is 8.88. The number of hydrogen-bond acceptors (Lipinski definition) is 4. The molecule has 0 bridgehead atoms. The number of ether oxygens (including phenoxy) is 1. The van der Waals surface area contributed by atoms with Gasteiger partial charge in [-0.05, 0) is 19.3 Å². The van der Waals surface area contributed by atoms with E-state index in [2.05, 4.69) is 15.3 Å². The fourth-order valence-electron chi connectivity index (χ4n) is 1.85. The lowest BCUT2D eigenvalue weighted by molar-refractivity contribution is 0.185. The summed E-state index contributed by atoms with van der Waals surface area (Å²) in [5, 5.41) is 3.05. The first-order valence-electron chi connectivity index (χ1n) is 5.38. The Balaban J connectivity index is 2.09. The van der Waals surface area contributed by atoms with Crippen molar-refractivity contribution < 1.29 is 4.74 Å². The van der Waals surface area contributed by atoms with Gasteiger partial charge in [0.05, 0.1) is 0 Å². The van der Waals surface area contributed by atoms with E-state index in [0.717, 1.165) is 43.4 Å². The highest BCUT2D eigenvalue weighted by Crippen LogP contribution is 2.17. The van der Waals surface area contributed by atoms with Crippen LogP contribution in [0.3, 0.4) is 0 Å². The van der Waals surface area contributed by atoms with Crippen LogP contribution in [0.25, 0.3) is 0 Å². The number of nitrogens with one attached hydrogen (secondary N) is 1. The zero-order chi connectivity index (χ0) is 10.7. The van der Waals surface area contributed by atoms with E-state index in [1.165, 1.54) is 0 Å². The molecule has 4 nitrogen and oxygen atoms in total. The summed E-state index contributed by atoms with van der Waals surface area (Å²) in [5.74, 6) is 2.42. The van der Waals surface area contributed by atoms with E-state index in [0.29, 0.717) is 5.92 Å². The molecule has 1 aliphatic heterocycles. The van der Waals surface area contributed by atoms with E-state index in [-0.39, 0.29) is 0 Å². The Labute approximate surface area is 90.1 Å². The Hall–Kier alpha value is -1.16. The zero-order valence-corrected chi connectivity index (χ0v) is 9.29. The smallest absolute Gasteiger partial charge is 0.131 e. The van der Waals surface area contributed by atoms with E-state index in [1.807, 2.05) is 20.0 Å². The minimum Gasteiger partial charge on any atom is -0.381 e. The van der Waals surface area contributed by atoms with Crippen LogP contribution in [-0.4, -0.2) is 30.2 Å². The number of hydrogen-bond donors (Lipinski definition) is 1. The van der Waals surface area contributed by atoms with E-state index in [9.17, 15) is 0 Å². The molecular weight excluding hydrogens is 190 g/mol. The molecule has 15 heavy (non-hydrogen) atoms. The van der Waals surface area contributed by atoms with Gasteiger partial charge >= 0.3 is 0 Å². The van der Waals surface area contributed by atoms with Gasteiger partial charge in [-0.25, -0.2) is 9.97 Å². The van der Waals surface area contributed by atoms with E-state index in [1.54, 1.807) is 0 Å². The number of aromatic nitrogens is 2. The van der Waals surface area contributed by atoms with Gasteiger partial charge < -0.3 is 10.1 Å². The molecule has 0 aromatic carbocycles. The molecule has 1 saturated heterocycles. The number of anilines is 1. The van der Waals surface area contributed by atoms with Crippen LogP contribution in [0, 0.1) is 12.8 Å². The minimum atomic E-state index is 0.594. The number of nitrogens with zero attached hydrogens (tertiary/aromatic N) is 2. The van der Waals surface area contributed by atoms with Crippen molar-refractivity contribution in [3.63, 3.8) is 0 Å². The lowest BCUT2D eigenvalue weighted by Gasteiger charge is -2.08. The molecule has 0 amide bonds. The fraction of sp³-hybridized carbons (Fsp3) is 0.636. The Morgan fingerprint density at radius 2 is 2.40 bits per heavy atom. The predicted octanol–water partition coefficient (Wildman–Crippen LogP) is 1.41. The van der Waals surface area contributed by atoms with Crippen molar-refractivity contribution >= 4 is 5.82 Å². The Morgan fingerprint density at radius 3 is 3.07 bits per heavy atom. The van der Waals surface area contributed by atoms with E-state index in [4.69, 9.17) is 4.74 Å².